The van der Waals surface area contributed by atoms with Gasteiger partial charge in [0.1, 0.15) is 12.6 Å². The van der Waals surface area contributed by atoms with E-state index in [-0.39, 0.29) is 17.9 Å². The van der Waals surface area contributed by atoms with Crippen LogP contribution < -0.4 is 14.9 Å². The minimum absolute atomic E-state index is 0.0971. The van der Waals surface area contributed by atoms with Gasteiger partial charge in [0, 0.05) is 30.6 Å². The lowest BCUT2D eigenvalue weighted by Gasteiger charge is -2.20. The van der Waals surface area contributed by atoms with Gasteiger partial charge in [-0.25, -0.2) is 8.42 Å². The lowest BCUT2D eigenvalue weighted by Crippen LogP contribution is -2.48. The molecule has 1 atom stereocenters. The number of amides is 1. The summed E-state index contributed by atoms with van der Waals surface area (Å²) in [5.41, 5.74) is 1.69. The summed E-state index contributed by atoms with van der Waals surface area (Å²) in [4.78, 5) is 14.6. The van der Waals surface area contributed by atoms with Crippen LogP contribution in [0.1, 0.15) is 5.56 Å². The van der Waals surface area contributed by atoms with E-state index in [9.17, 15) is 13.2 Å². The largest absolute Gasteiger partial charge is 0.377 e. The predicted octanol–water partition coefficient (Wildman–Crippen LogP) is 2.44. The van der Waals surface area contributed by atoms with Crippen molar-refractivity contribution in [2.75, 3.05) is 25.5 Å². The van der Waals surface area contributed by atoms with Crippen LogP contribution in [0.4, 0.5) is 5.69 Å². The Morgan fingerprint density at radius 3 is 2.35 bits per heavy atom. The SMILES string of the molecule is CN(C)c1cccc2c(S(=O)(=O)N[C@@H](Cc3ccccc3)C(=O)NCC#N)cccc12. The first-order valence-corrected chi connectivity index (χ1v) is 11.2. The Hall–Kier alpha value is -3.41. The number of rotatable bonds is 8. The fraction of sp³-hybridized carbons (Fsp3) is 0.217. The minimum atomic E-state index is -4.03. The lowest BCUT2D eigenvalue weighted by molar-refractivity contribution is -0.122. The summed E-state index contributed by atoms with van der Waals surface area (Å²) in [7, 11) is -0.246. The molecule has 3 aromatic carbocycles. The van der Waals surface area contributed by atoms with Crippen LogP contribution in [0.15, 0.2) is 71.6 Å². The average molecular weight is 437 g/mol. The number of nitrogens with one attached hydrogen (secondary N) is 2. The Morgan fingerprint density at radius 2 is 1.68 bits per heavy atom. The summed E-state index contributed by atoms with van der Waals surface area (Å²) < 4.78 is 29.2. The van der Waals surface area contributed by atoms with Crippen molar-refractivity contribution in [2.24, 2.45) is 0 Å². The van der Waals surface area contributed by atoms with Gasteiger partial charge in [-0.05, 0) is 24.1 Å². The zero-order valence-corrected chi connectivity index (χ0v) is 18.2. The summed E-state index contributed by atoms with van der Waals surface area (Å²) in [6.07, 6.45) is 0.158. The number of carbonyl (C=O) groups is 1. The van der Waals surface area contributed by atoms with Crippen LogP contribution in [-0.4, -0.2) is 41.0 Å². The fourth-order valence-corrected chi connectivity index (χ4v) is 4.84. The second kappa shape index (κ2) is 9.60. The molecule has 31 heavy (non-hydrogen) atoms. The number of anilines is 1. The first-order chi connectivity index (χ1) is 14.8. The highest BCUT2D eigenvalue weighted by Gasteiger charge is 2.27. The van der Waals surface area contributed by atoms with Crippen molar-refractivity contribution in [2.45, 2.75) is 17.4 Å². The van der Waals surface area contributed by atoms with Crippen LogP contribution in [0, 0.1) is 11.3 Å². The molecule has 7 nitrogen and oxygen atoms in total. The van der Waals surface area contributed by atoms with Gasteiger partial charge in [0.15, 0.2) is 0 Å². The van der Waals surface area contributed by atoms with Crippen molar-refractivity contribution in [3.05, 3.63) is 72.3 Å². The topological polar surface area (TPSA) is 102 Å². The predicted molar refractivity (Wildman–Crippen MR) is 121 cm³/mol. The Kier molecular flexibility index (Phi) is 6.90. The molecule has 3 aromatic rings. The molecular weight excluding hydrogens is 412 g/mol. The second-order valence-electron chi connectivity index (χ2n) is 7.26. The molecule has 0 fully saturated rings. The van der Waals surface area contributed by atoms with E-state index < -0.39 is 22.0 Å². The Balaban J connectivity index is 2.00. The van der Waals surface area contributed by atoms with E-state index in [1.165, 1.54) is 6.07 Å². The highest BCUT2D eigenvalue weighted by atomic mass is 32.2. The molecule has 160 valence electrons. The molecular formula is C23H24N4O3S. The van der Waals surface area contributed by atoms with Gasteiger partial charge in [-0.15, -0.1) is 0 Å². The van der Waals surface area contributed by atoms with Gasteiger partial charge < -0.3 is 10.2 Å². The van der Waals surface area contributed by atoms with E-state index in [2.05, 4.69) is 10.0 Å². The number of hydrogen-bond donors (Lipinski definition) is 2. The van der Waals surface area contributed by atoms with E-state index in [0.717, 1.165) is 16.6 Å². The summed E-state index contributed by atoms with van der Waals surface area (Å²) in [6.45, 7) is -0.202. The van der Waals surface area contributed by atoms with Crippen LogP contribution in [0.25, 0.3) is 10.8 Å². The Labute approximate surface area is 182 Å². The van der Waals surface area contributed by atoms with Gasteiger partial charge >= 0.3 is 0 Å². The molecule has 3 rings (SSSR count). The third-order valence-corrected chi connectivity index (χ3v) is 6.40. The minimum Gasteiger partial charge on any atom is -0.377 e. The van der Waals surface area contributed by atoms with Crippen LogP contribution in [0.3, 0.4) is 0 Å². The molecule has 0 radical (unpaired) electrons. The number of sulfonamides is 1. The zero-order valence-electron chi connectivity index (χ0n) is 17.4. The van der Waals surface area contributed by atoms with Crippen LogP contribution in [0.2, 0.25) is 0 Å². The van der Waals surface area contributed by atoms with Gasteiger partial charge in [0.05, 0.1) is 11.0 Å². The van der Waals surface area contributed by atoms with Crippen molar-refractivity contribution in [1.29, 1.82) is 5.26 Å². The lowest BCUT2D eigenvalue weighted by atomic mass is 10.1. The highest BCUT2D eigenvalue weighted by Crippen LogP contribution is 2.30. The monoisotopic (exact) mass is 436 g/mol. The van der Waals surface area contributed by atoms with E-state index in [0.29, 0.717) is 5.39 Å². The Morgan fingerprint density at radius 1 is 1.00 bits per heavy atom. The van der Waals surface area contributed by atoms with Crippen molar-refractivity contribution >= 4 is 32.4 Å². The van der Waals surface area contributed by atoms with Crippen LogP contribution in [-0.2, 0) is 21.2 Å². The quantitative estimate of drug-likeness (QED) is 0.528. The second-order valence-corrected chi connectivity index (χ2v) is 8.94. The first-order valence-electron chi connectivity index (χ1n) is 9.73. The summed E-state index contributed by atoms with van der Waals surface area (Å²) >= 11 is 0. The molecule has 0 unspecified atom stereocenters. The maximum Gasteiger partial charge on any atom is 0.241 e. The molecule has 0 saturated carbocycles. The maximum atomic E-state index is 13.3. The van der Waals surface area contributed by atoms with Gasteiger partial charge in [0.2, 0.25) is 15.9 Å². The standard InChI is InChI=1S/C23H24N4O3S/c1-27(2)21-12-6-11-19-18(21)10-7-13-22(19)31(29,30)26-20(23(28)25-15-14-24)16-17-8-4-3-5-9-17/h3-13,20,26H,15-16H2,1-2H3,(H,25,28)/t20-/m0/s1. The number of benzene rings is 3. The molecule has 0 aliphatic rings. The molecule has 0 saturated heterocycles. The highest BCUT2D eigenvalue weighted by molar-refractivity contribution is 7.89. The molecule has 0 aliphatic heterocycles. The summed E-state index contributed by atoms with van der Waals surface area (Å²) in [5, 5.41) is 12.6. The summed E-state index contributed by atoms with van der Waals surface area (Å²) in [5.74, 6) is -0.553. The van der Waals surface area contributed by atoms with E-state index in [1.54, 1.807) is 18.2 Å². The molecule has 0 aliphatic carbocycles. The number of hydrogen-bond acceptors (Lipinski definition) is 5. The van der Waals surface area contributed by atoms with Crippen LogP contribution in [0.5, 0.6) is 0 Å². The van der Waals surface area contributed by atoms with Crippen LogP contribution >= 0.6 is 0 Å². The molecule has 0 spiro atoms. The zero-order chi connectivity index (χ0) is 22.4. The first kappa shape index (κ1) is 22.3. The third kappa shape index (κ3) is 5.20. The Bertz CT molecular complexity index is 1220. The molecule has 0 heterocycles. The van der Waals surface area contributed by atoms with Gasteiger partial charge in [0.25, 0.3) is 0 Å². The van der Waals surface area contributed by atoms with Crippen molar-refractivity contribution in [1.82, 2.24) is 10.0 Å². The number of carbonyl (C=O) groups excluding carboxylic acids is 1. The van der Waals surface area contributed by atoms with Gasteiger partial charge in [-0.1, -0.05) is 54.6 Å². The molecule has 8 heteroatoms. The number of fused-ring (bicyclic) bond motifs is 1. The van der Waals surface area contributed by atoms with Gasteiger partial charge in [-0.3, -0.25) is 4.79 Å². The normalized spacial score (nSPS) is 12.2. The van der Waals surface area contributed by atoms with E-state index >= 15 is 0 Å². The molecule has 0 bridgehead atoms. The van der Waals surface area contributed by atoms with Gasteiger partial charge in [-0.2, -0.15) is 9.98 Å². The van der Waals surface area contributed by atoms with Crippen molar-refractivity contribution in [3.8, 4) is 6.07 Å². The van der Waals surface area contributed by atoms with Crippen molar-refractivity contribution < 1.29 is 13.2 Å². The molecule has 0 aromatic heterocycles. The van der Waals surface area contributed by atoms with E-state index in [1.807, 2.05) is 67.5 Å². The smallest absolute Gasteiger partial charge is 0.241 e. The summed E-state index contributed by atoms with van der Waals surface area (Å²) in [6, 6.07) is 20.4. The maximum absolute atomic E-state index is 13.3. The molecule has 2 N–H and O–H groups in total. The third-order valence-electron chi connectivity index (χ3n) is 4.87. The average Bonchev–Trinajstić information content (AvgIpc) is 2.76. The number of nitrogens with zero attached hydrogens (tertiary/aromatic N) is 2. The van der Waals surface area contributed by atoms with Crippen molar-refractivity contribution in [3.63, 3.8) is 0 Å². The van der Waals surface area contributed by atoms with E-state index in [4.69, 9.17) is 5.26 Å². The fourth-order valence-electron chi connectivity index (χ4n) is 3.43. The molecule has 1 amide bonds. The number of nitriles is 1.